The van der Waals surface area contributed by atoms with Gasteiger partial charge < -0.3 is 9.64 Å². The third-order valence-electron chi connectivity index (χ3n) is 6.83. The largest absolute Gasteiger partial charge is 0.476 e. The SMILES string of the molecule is CC(C)(C)CCN1C[C@H]2CC(COc3cc(C(F)(F)F)c(-c4cc(F)ccc4Cl)nn3)C[C@@H]2C1. The van der Waals surface area contributed by atoms with E-state index in [1.807, 2.05) is 0 Å². The minimum Gasteiger partial charge on any atom is -0.476 e. The maximum absolute atomic E-state index is 13.8. The standard InChI is InChI=1S/C25H30ClF4N3O/c1-24(2,3)6-7-33-12-16-8-15(9-17(16)13-33)14-34-22-11-20(25(28,29)30)23(32-31-22)19-10-18(27)4-5-21(19)26/h4-5,10-11,15-17H,6-9,12-14H2,1-3H3/t16-,17-/m1/s1. The fraction of sp³-hybridized carbons (Fsp3) is 0.600. The summed E-state index contributed by atoms with van der Waals surface area (Å²) in [5, 5.41) is 7.51. The first-order chi connectivity index (χ1) is 15.9. The van der Waals surface area contributed by atoms with E-state index in [1.165, 1.54) is 6.07 Å². The van der Waals surface area contributed by atoms with Gasteiger partial charge in [-0.15, -0.1) is 10.2 Å². The number of halogens is 5. The zero-order chi connectivity index (χ0) is 24.7. The number of benzene rings is 1. The number of ether oxygens (including phenoxy) is 1. The number of fused-ring (bicyclic) bond motifs is 1. The van der Waals surface area contributed by atoms with E-state index in [-0.39, 0.29) is 22.4 Å². The molecule has 0 radical (unpaired) electrons. The lowest BCUT2D eigenvalue weighted by Gasteiger charge is -2.24. The van der Waals surface area contributed by atoms with Crippen LogP contribution in [-0.4, -0.2) is 41.3 Å². The van der Waals surface area contributed by atoms with Crippen molar-refractivity contribution in [3.05, 3.63) is 40.7 Å². The van der Waals surface area contributed by atoms with E-state index in [0.717, 1.165) is 57.1 Å². The Hall–Kier alpha value is -1.93. The summed E-state index contributed by atoms with van der Waals surface area (Å²) in [4.78, 5) is 2.54. The van der Waals surface area contributed by atoms with Crippen LogP contribution < -0.4 is 4.74 Å². The van der Waals surface area contributed by atoms with Gasteiger partial charge in [0.05, 0.1) is 17.2 Å². The van der Waals surface area contributed by atoms with E-state index >= 15 is 0 Å². The van der Waals surface area contributed by atoms with Crippen LogP contribution >= 0.6 is 11.6 Å². The van der Waals surface area contributed by atoms with Gasteiger partial charge in [0.25, 0.3) is 0 Å². The molecule has 1 saturated heterocycles. The van der Waals surface area contributed by atoms with Gasteiger partial charge in [0.15, 0.2) is 0 Å². The second-order valence-electron chi connectivity index (χ2n) is 10.8. The average Bonchev–Trinajstić information content (AvgIpc) is 3.30. The first kappa shape index (κ1) is 25.2. The van der Waals surface area contributed by atoms with Gasteiger partial charge in [-0.1, -0.05) is 32.4 Å². The van der Waals surface area contributed by atoms with Crippen molar-refractivity contribution in [2.45, 2.75) is 46.2 Å². The van der Waals surface area contributed by atoms with Crippen molar-refractivity contribution in [2.75, 3.05) is 26.2 Å². The Morgan fingerprint density at radius 2 is 1.74 bits per heavy atom. The molecule has 1 aromatic heterocycles. The summed E-state index contributed by atoms with van der Waals surface area (Å²) in [6, 6.07) is 4.02. The summed E-state index contributed by atoms with van der Waals surface area (Å²) < 4.78 is 60.6. The molecule has 1 saturated carbocycles. The van der Waals surface area contributed by atoms with Gasteiger partial charge in [-0.25, -0.2) is 4.39 Å². The van der Waals surface area contributed by atoms with Crippen LogP contribution in [0.3, 0.4) is 0 Å². The molecule has 2 aliphatic rings. The van der Waals surface area contributed by atoms with Crippen molar-refractivity contribution in [1.82, 2.24) is 15.1 Å². The summed E-state index contributed by atoms with van der Waals surface area (Å²) in [6.07, 6.45) is -1.55. The van der Waals surface area contributed by atoms with Crippen LogP contribution in [0.4, 0.5) is 17.6 Å². The van der Waals surface area contributed by atoms with E-state index in [2.05, 4.69) is 35.9 Å². The van der Waals surface area contributed by atoms with Gasteiger partial charge in [-0.05, 0) is 67.2 Å². The van der Waals surface area contributed by atoms with Crippen molar-refractivity contribution in [1.29, 1.82) is 0 Å². The number of nitrogens with zero attached hydrogens (tertiary/aromatic N) is 3. The molecule has 1 aliphatic carbocycles. The molecule has 4 nitrogen and oxygen atoms in total. The highest BCUT2D eigenvalue weighted by atomic mass is 35.5. The Balaban J connectivity index is 1.39. The van der Waals surface area contributed by atoms with Crippen LogP contribution in [0.1, 0.15) is 45.6 Å². The molecule has 4 rings (SSSR count). The predicted molar refractivity (Wildman–Crippen MR) is 123 cm³/mol. The molecular weight excluding hydrogens is 470 g/mol. The van der Waals surface area contributed by atoms with Crippen molar-refractivity contribution in [3.63, 3.8) is 0 Å². The molecule has 0 bridgehead atoms. The zero-order valence-electron chi connectivity index (χ0n) is 19.6. The number of hydrogen-bond acceptors (Lipinski definition) is 4. The lowest BCUT2D eigenvalue weighted by atomic mass is 9.92. The maximum atomic E-state index is 13.8. The summed E-state index contributed by atoms with van der Waals surface area (Å²) in [5.41, 5.74) is -1.41. The Labute approximate surface area is 202 Å². The predicted octanol–water partition coefficient (Wildman–Crippen LogP) is 6.73. The fourth-order valence-electron chi connectivity index (χ4n) is 5.08. The highest BCUT2D eigenvalue weighted by Gasteiger charge is 2.41. The number of alkyl halides is 3. The molecule has 0 unspecified atom stereocenters. The van der Waals surface area contributed by atoms with Crippen LogP contribution in [0.2, 0.25) is 5.02 Å². The second-order valence-corrected chi connectivity index (χ2v) is 11.2. The monoisotopic (exact) mass is 499 g/mol. The number of aromatic nitrogens is 2. The molecule has 186 valence electrons. The molecule has 9 heteroatoms. The van der Waals surface area contributed by atoms with Crippen LogP contribution in [-0.2, 0) is 6.18 Å². The zero-order valence-corrected chi connectivity index (χ0v) is 20.4. The third-order valence-corrected chi connectivity index (χ3v) is 7.16. The van der Waals surface area contributed by atoms with E-state index in [1.54, 1.807) is 0 Å². The van der Waals surface area contributed by atoms with Gasteiger partial charge in [0, 0.05) is 24.7 Å². The normalized spacial score (nSPS) is 21.8. The molecule has 0 amide bonds. The molecule has 0 spiro atoms. The Morgan fingerprint density at radius 3 is 2.35 bits per heavy atom. The van der Waals surface area contributed by atoms with Gasteiger partial charge in [-0.2, -0.15) is 13.2 Å². The summed E-state index contributed by atoms with van der Waals surface area (Å²) >= 11 is 6.00. The van der Waals surface area contributed by atoms with E-state index < -0.39 is 23.3 Å². The Kier molecular flexibility index (Phi) is 7.11. The van der Waals surface area contributed by atoms with Crippen LogP contribution in [0, 0.1) is 29.0 Å². The molecule has 1 aromatic carbocycles. The minimum absolute atomic E-state index is 0.0380. The minimum atomic E-state index is -4.72. The second kappa shape index (κ2) is 9.61. The molecule has 1 aliphatic heterocycles. The molecule has 2 heterocycles. The number of rotatable bonds is 6. The van der Waals surface area contributed by atoms with Crippen LogP contribution in [0.5, 0.6) is 5.88 Å². The fourth-order valence-corrected chi connectivity index (χ4v) is 5.28. The quantitative estimate of drug-likeness (QED) is 0.413. The van der Waals surface area contributed by atoms with E-state index in [9.17, 15) is 17.6 Å². The van der Waals surface area contributed by atoms with Gasteiger partial charge in [0.2, 0.25) is 5.88 Å². The van der Waals surface area contributed by atoms with Gasteiger partial charge in [0.1, 0.15) is 11.5 Å². The topological polar surface area (TPSA) is 38.2 Å². The first-order valence-electron chi connectivity index (χ1n) is 11.6. The van der Waals surface area contributed by atoms with E-state index in [0.29, 0.717) is 23.9 Å². The number of likely N-dealkylation sites (tertiary alicyclic amines) is 1. The Bertz CT molecular complexity index is 1010. The molecule has 34 heavy (non-hydrogen) atoms. The molecule has 0 N–H and O–H groups in total. The van der Waals surface area contributed by atoms with Crippen LogP contribution in [0.25, 0.3) is 11.3 Å². The lowest BCUT2D eigenvalue weighted by molar-refractivity contribution is -0.137. The van der Waals surface area contributed by atoms with Crippen molar-refractivity contribution < 1.29 is 22.3 Å². The summed E-state index contributed by atoms with van der Waals surface area (Å²) in [6.45, 7) is 10.3. The average molecular weight is 500 g/mol. The third kappa shape index (κ3) is 6.00. The first-order valence-corrected chi connectivity index (χ1v) is 12.0. The molecular formula is C25H30ClF4N3O. The highest BCUT2D eigenvalue weighted by Crippen LogP contribution is 2.43. The number of hydrogen-bond donors (Lipinski definition) is 0. The summed E-state index contributed by atoms with van der Waals surface area (Å²) in [7, 11) is 0. The van der Waals surface area contributed by atoms with Gasteiger partial charge >= 0.3 is 6.18 Å². The maximum Gasteiger partial charge on any atom is 0.418 e. The van der Waals surface area contributed by atoms with Crippen LogP contribution in [0.15, 0.2) is 24.3 Å². The van der Waals surface area contributed by atoms with Gasteiger partial charge in [-0.3, -0.25) is 0 Å². The lowest BCUT2D eigenvalue weighted by Crippen LogP contribution is -2.27. The van der Waals surface area contributed by atoms with Crippen molar-refractivity contribution in [2.24, 2.45) is 23.2 Å². The van der Waals surface area contributed by atoms with Crippen molar-refractivity contribution in [3.8, 4) is 17.1 Å². The highest BCUT2D eigenvalue weighted by molar-refractivity contribution is 6.33. The molecule has 2 atom stereocenters. The smallest absolute Gasteiger partial charge is 0.418 e. The molecule has 2 fully saturated rings. The van der Waals surface area contributed by atoms with E-state index in [4.69, 9.17) is 16.3 Å². The summed E-state index contributed by atoms with van der Waals surface area (Å²) in [5.74, 6) is 0.616. The Morgan fingerprint density at radius 1 is 1.06 bits per heavy atom. The van der Waals surface area contributed by atoms with Crippen molar-refractivity contribution >= 4 is 11.6 Å². The molecule has 2 aromatic rings.